The van der Waals surface area contributed by atoms with E-state index in [4.69, 9.17) is 0 Å². The van der Waals surface area contributed by atoms with Crippen molar-refractivity contribution in [3.05, 3.63) is 106 Å². The van der Waals surface area contributed by atoms with Gasteiger partial charge in [-0.15, -0.1) is 11.8 Å². The summed E-state index contributed by atoms with van der Waals surface area (Å²) in [6.45, 7) is 4.10. The Kier molecular flexibility index (Phi) is 10.4. The van der Waals surface area contributed by atoms with E-state index in [0.717, 1.165) is 15.6 Å². The van der Waals surface area contributed by atoms with Gasteiger partial charge in [0.05, 0.1) is 5.75 Å². The molecule has 0 saturated carbocycles. The zero-order valence-corrected chi connectivity index (χ0v) is 22.3. The fourth-order valence-corrected chi connectivity index (χ4v) is 5.06. The molecule has 0 fully saturated rings. The Hall–Kier alpha value is -2.64. The number of nitrogens with zero attached hydrogens (tertiary/aromatic N) is 1. The standard InChI is InChI=1S/C28H30BrFN2O2S/c1-20(2)31-28(34)26(16-21-9-4-3-5-10-21)32(17-22-11-8-13-24(29)15-22)27(33)19-35-18-23-12-6-7-14-25(23)30/h3-15,20,26H,16-19H2,1-2H3,(H,31,34)/t26-/m1/s1. The lowest BCUT2D eigenvalue weighted by atomic mass is 10.0. The van der Waals surface area contributed by atoms with Crippen LogP contribution in [-0.4, -0.2) is 34.6 Å². The van der Waals surface area contributed by atoms with Crippen LogP contribution in [-0.2, 0) is 28.3 Å². The molecule has 0 radical (unpaired) electrons. The molecule has 0 aromatic heterocycles. The van der Waals surface area contributed by atoms with Gasteiger partial charge in [0.25, 0.3) is 0 Å². The number of nitrogens with one attached hydrogen (secondary N) is 1. The Morgan fingerprint density at radius 2 is 1.66 bits per heavy atom. The highest BCUT2D eigenvalue weighted by molar-refractivity contribution is 9.10. The van der Waals surface area contributed by atoms with Gasteiger partial charge in [-0.2, -0.15) is 0 Å². The second kappa shape index (κ2) is 13.4. The number of hydrogen-bond donors (Lipinski definition) is 1. The summed E-state index contributed by atoms with van der Waals surface area (Å²) < 4.78 is 14.9. The first kappa shape index (κ1) is 27.0. The monoisotopic (exact) mass is 556 g/mol. The molecule has 0 aliphatic carbocycles. The summed E-state index contributed by atoms with van der Waals surface area (Å²) in [5.74, 6) is -0.109. The Morgan fingerprint density at radius 1 is 0.971 bits per heavy atom. The van der Waals surface area contributed by atoms with Crippen LogP contribution in [0.2, 0.25) is 0 Å². The number of carbonyl (C=O) groups excluding carboxylic acids is 2. The van der Waals surface area contributed by atoms with Crippen molar-refractivity contribution in [2.45, 2.75) is 44.6 Å². The Morgan fingerprint density at radius 3 is 2.34 bits per heavy atom. The fourth-order valence-electron chi connectivity index (χ4n) is 3.71. The lowest BCUT2D eigenvalue weighted by molar-refractivity contribution is -0.139. The molecule has 3 aromatic carbocycles. The first-order chi connectivity index (χ1) is 16.8. The minimum atomic E-state index is -0.680. The van der Waals surface area contributed by atoms with E-state index in [0.29, 0.717) is 24.3 Å². The fraction of sp³-hybridized carbons (Fsp3) is 0.286. The van der Waals surface area contributed by atoms with Crippen LogP contribution < -0.4 is 5.32 Å². The van der Waals surface area contributed by atoms with Crippen molar-refractivity contribution in [2.75, 3.05) is 5.75 Å². The molecule has 0 unspecified atom stereocenters. The molecule has 0 spiro atoms. The van der Waals surface area contributed by atoms with E-state index in [1.165, 1.54) is 17.8 Å². The Bertz CT molecular complexity index is 1130. The van der Waals surface area contributed by atoms with Gasteiger partial charge in [0.2, 0.25) is 11.8 Å². The van der Waals surface area contributed by atoms with Crippen LogP contribution in [0.25, 0.3) is 0 Å². The highest BCUT2D eigenvalue weighted by Gasteiger charge is 2.30. The SMILES string of the molecule is CC(C)NC(=O)[C@@H](Cc1ccccc1)N(Cc1cccc(Br)c1)C(=O)CSCc1ccccc1F. The molecular formula is C28H30BrFN2O2S. The zero-order valence-electron chi connectivity index (χ0n) is 19.9. The molecule has 2 amide bonds. The first-order valence-electron chi connectivity index (χ1n) is 11.5. The maximum absolute atomic E-state index is 14.0. The van der Waals surface area contributed by atoms with Crippen LogP contribution in [0.15, 0.2) is 83.3 Å². The highest BCUT2D eigenvalue weighted by atomic mass is 79.9. The molecule has 0 aliphatic heterocycles. The second-order valence-corrected chi connectivity index (χ2v) is 10.5. The maximum Gasteiger partial charge on any atom is 0.243 e. The molecule has 0 bridgehead atoms. The van der Waals surface area contributed by atoms with Gasteiger partial charge in [0, 0.05) is 29.2 Å². The molecule has 0 heterocycles. The van der Waals surface area contributed by atoms with Gasteiger partial charge in [-0.25, -0.2) is 4.39 Å². The number of halogens is 2. The topological polar surface area (TPSA) is 49.4 Å². The Balaban J connectivity index is 1.85. The summed E-state index contributed by atoms with van der Waals surface area (Å²) in [6, 6.07) is 23.3. The molecule has 3 rings (SSSR count). The molecule has 0 aliphatic rings. The smallest absolute Gasteiger partial charge is 0.243 e. The molecule has 0 saturated heterocycles. The predicted molar refractivity (Wildman–Crippen MR) is 144 cm³/mol. The normalized spacial score (nSPS) is 11.8. The summed E-state index contributed by atoms with van der Waals surface area (Å²) in [4.78, 5) is 28.5. The lowest BCUT2D eigenvalue weighted by Gasteiger charge is -2.32. The van der Waals surface area contributed by atoms with Crippen molar-refractivity contribution < 1.29 is 14.0 Å². The van der Waals surface area contributed by atoms with E-state index in [-0.39, 0.29) is 29.4 Å². The van der Waals surface area contributed by atoms with Gasteiger partial charge >= 0.3 is 0 Å². The van der Waals surface area contributed by atoms with Crippen molar-refractivity contribution in [1.29, 1.82) is 0 Å². The molecule has 4 nitrogen and oxygen atoms in total. The van der Waals surface area contributed by atoms with Crippen LogP contribution >= 0.6 is 27.7 Å². The molecule has 1 N–H and O–H groups in total. The van der Waals surface area contributed by atoms with Gasteiger partial charge in [-0.3, -0.25) is 9.59 Å². The third kappa shape index (κ3) is 8.51. The van der Waals surface area contributed by atoms with E-state index in [9.17, 15) is 14.0 Å². The number of hydrogen-bond acceptors (Lipinski definition) is 3. The summed E-state index contributed by atoms with van der Waals surface area (Å²) >= 11 is 4.84. The van der Waals surface area contributed by atoms with Gasteiger partial charge in [0.1, 0.15) is 11.9 Å². The van der Waals surface area contributed by atoms with Crippen LogP contribution in [0.4, 0.5) is 4.39 Å². The van der Waals surface area contributed by atoms with E-state index < -0.39 is 6.04 Å². The van der Waals surface area contributed by atoms with E-state index in [1.54, 1.807) is 23.1 Å². The third-order valence-corrected chi connectivity index (χ3v) is 6.84. The van der Waals surface area contributed by atoms with Crippen molar-refractivity contribution in [1.82, 2.24) is 10.2 Å². The van der Waals surface area contributed by atoms with Crippen molar-refractivity contribution in [3.8, 4) is 0 Å². The highest BCUT2D eigenvalue weighted by Crippen LogP contribution is 2.21. The average Bonchev–Trinajstić information content (AvgIpc) is 2.82. The quantitative estimate of drug-likeness (QED) is 0.315. The number of carbonyl (C=O) groups is 2. The zero-order chi connectivity index (χ0) is 25.2. The van der Waals surface area contributed by atoms with Crippen molar-refractivity contribution in [3.63, 3.8) is 0 Å². The van der Waals surface area contributed by atoms with Gasteiger partial charge in [-0.05, 0) is 48.7 Å². The van der Waals surface area contributed by atoms with Crippen LogP contribution in [0.1, 0.15) is 30.5 Å². The Labute approximate surface area is 219 Å². The van der Waals surface area contributed by atoms with E-state index >= 15 is 0 Å². The minimum Gasteiger partial charge on any atom is -0.352 e. The lowest BCUT2D eigenvalue weighted by Crippen LogP contribution is -2.52. The number of thioether (sulfide) groups is 1. The van der Waals surface area contributed by atoms with E-state index in [1.807, 2.05) is 68.4 Å². The average molecular weight is 558 g/mol. The van der Waals surface area contributed by atoms with Crippen LogP contribution in [0, 0.1) is 5.82 Å². The van der Waals surface area contributed by atoms with Crippen LogP contribution in [0.3, 0.4) is 0 Å². The molecule has 7 heteroatoms. The van der Waals surface area contributed by atoms with Gasteiger partial charge in [-0.1, -0.05) is 76.6 Å². The van der Waals surface area contributed by atoms with Gasteiger partial charge in [0.15, 0.2) is 0 Å². The molecule has 184 valence electrons. The van der Waals surface area contributed by atoms with E-state index in [2.05, 4.69) is 21.2 Å². The van der Waals surface area contributed by atoms with Crippen molar-refractivity contribution in [2.24, 2.45) is 0 Å². The van der Waals surface area contributed by atoms with Crippen molar-refractivity contribution >= 4 is 39.5 Å². The summed E-state index contributed by atoms with van der Waals surface area (Å²) in [7, 11) is 0. The minimum absolute atomic E-state index is 0.0565. The first-order valence-corrected chi connectivity index (χ1v) is 13.5. The van der Waals surface area contributed by atoms with Gasteiger partial charge < -0.3 is 10.2 Å². The molecule has 1 atom stereocenters. The number of benzene rings is 3. The number of rotatable bonds is 11. The molecule has 35 heavy (non-hydrogen) atoms. The molecular weight excluding hydrogens is 527 g/mol. The summed E-state index contributed by atoms with van der Waals surface area (Å²) in [6.07, 6.45) is 0.400. The number of amides is 2. The maximum atomic E-state index is 14.0. The molecule has 3 aromatic rings. The summed E-state index contributed by atoms with van der Waals surface area (Å²) in [5.41, 5.74) is 2.45. The predicted octanol–water partition coefficient (Wildman–Crippen LogP) is 5.99. The van der Waals surface area contributed by atoms with Crippen LogP contribution in [0.5, 0.6) is 0 Å². The summed E-state index contributed by atoms with van der Waals surface area (Å²) in [5, 5.41) is 2.99. The second-order valence-electron chi connectivity index (χ2n) is 8.60. The largest absolute Gasteiger partial charge is 0.352 e. The third-order valence-electron chi connectivity index (χ3n) is 5.38.